The smallest absolute Gasteiger partial charge is 0.344 e. The minimum Gasteiger partial charge on any atom is -0.463 e. The quantitative estimate of drug-likeness (QED) is 0.127. The summed E-state index contributed by atoms with van der Waals surface area (Å²) in [5.41, 5.74) is -0.00784. The van der Waals surface area contributed by atoms with Crippen molar-refractivity contribution in [1.82, 2.24) is 0 Å². The molecule has 0 aliphatic heterocycles. The number of hydrogen-bond donors (Lipinski definition) is 0. The highest BCUT2D eigenvalue weighted by molar-refractivity contribution is 9.09. The van der Waals surface area contributed by atoms with Crippen LogP contribution in [0.2, 0.25) is 0 Å². The van der Waals surface area contributed by atoms with E-state index in [0.717, 1.165) is 0 Å². The molecular weight excluding hydrogens is 418 g/mol. The van der Waals surface area contributed by atoms with Crippen molar-refractivity contribution >= 4 is 33.8 Å². The molecule has 0 atom stereocenters. The summed E-state index contributed by atoms with van der Waals surface area (Å²) >= 11 is 2.94. The molecule has 10 nitrogen and oxygen atoms in total. The van der Waals surface area contributed by atoms with Gasteiger partial charge in [0.2, 0.25) is 0 Å². The van der Waals surface area contributed by atoms with E-state index in [-0.39, 0.29) is 29.9 Å². The van der Waals surface area contributed by atoms with Gasteiger partial charge in [0.1, 0.15) is 16.6 Å². The summed E-state index contributed by atoms with van der Waals surface area (Å²) < 4.78 is 14.6. The predicted octanol–water partition coefficient (Wildman–Crippen LogP) is 1.68. The van der Waals surface area contributed by atoms with Gasteiger partial charge in [0.15, 0.2) is 6.61 Å². The fourth-order valence-electron chi connectivity index (χ4n) is 1.65. The van der Waals surface area contributed by atoms with E-state index < -0.39 is 29.6 Å². The fraction of sp³-hybridized carbons (Fsp3) is 0.400. The van der Waals surface area contributed by atoms with Gasteiger partial charge in [-0.05, 0) is 25.0 Å². The third kappa shape index (κ3) is 8.42. The molecule has 0 saturated carbocycles. The van der Waals surface area contributed by atoms with Gasteiger partial charge < -0.3 is 19.0 Å². The number of esters is 3. The van der Waals surface area contributed by atoms with Crippen LogP contribution in [0, 0.1) is 10.1 Å². The Morgan fingerprint density at radius 1 is 1.04 bits per heavy atom. The van der Waals surface area contributed by atoms with Crippen LogP contribution in [0.25, 0.3) is 0 Å². The summed E-state index contributed by atoms with van der Waals surface area (Å²) in [6.07, 6.45) is 0.694. The van der Waals surface area contributed by atoms with Gasteiger partial charge in [-0.25, -0.2) is 9.59 Å². The molecule has 26 heavy (non-hydrogen) atoms. The summed E-state index contributed by atoms with van der Waals surface area (Å²) in [7, 11) is 0. The van der Waals surface area contributed by atoms with E-state index in [1.54, 1.807) is 12.1 Å². The molecule has 0 fully saturated rings. The lowest BCUT2D eigenvalue weighted by Gasteiger charge is -2.09. The number of nitrogens with zero attached hydrogens (tertiary/aromatic N) is 1. The van der Waals surface area contributed by atoms with Gasteiger partial charge in [-0.3, -0.25) is 4.79 Å². The zero-order chi connectivity index (χ0) is 19.4. The van der Waals surface area contributed by atoms with Crippen LogP contribution in [0.5, 0.6) is 5.75 Å². The van der Waals surface area contributed by atoms with Crippen molar-refractivity contribution in [3.63, 3.8) is 0 Å². The number of carbonyl (C=O) groups excluding carboxylic acids is 3. The molecule has 1 aromatic rings. The zero-order valence-corrected chi connectivity index (χ0v) is 15.1. The van der Waals surface area contributed by atoms with Crippen molar-refractivity contribution in [3.05, 3.63) is 39.9 Å². The molecule has 0 bridgehead atoms. The second-order valence-electron chi connectivity index (χ2n) is 4.66. The third-order valence-corrected chi connectivity index (χ3v) is 3.22. The summed E-state index contributed by atoms with van der Waals surface area (Å²) in [5.74, 6) is -2.20. The van der Waals surface area contributed by atoms with Gasteiger partial charge in [-0.15, -0.1) is 10.1 Å². The van der Waals surface area contributed by atoms with Crippen LogP contribution in [0.15, 0.2) is 24.3 Å². The number of halogens is 1. The van der Waals surface area contributed by atoms with Crippen molar-refractivity contribution in [3.8, 4) is 5.75 Å². The average molecular weight is 434 g/mol. The Labute approximate surface area is 156 Å². The van der Waals surface area contributed by atoms with E-state index >= 15 is 0 Å². The number of para-hydroxylation sites is 1. The maximum atomic E-state index is 12.0. The number of ether oxygens (including phenoxy) is 3. The second-order valence-corrected chi connectivity index (χ2v) is 5.23. The van der Waals surface area contributed by atoms with Gasteiger partial charge in [0.25, 0.3) is 5.09 Å². The predicted molar refractivity (Wildman–Crippen MR) is 89.3 cm³/mol. The fourth-order valence-corrected chi connectivity index (χ4v) is 1.76. The van der Waals surface area contributed by atoms with Crippen molar-refractivity contribution in [2.24, 2.45) is 0 Å². The topological polar surface area (TPSA) is 131 Å². The van der Waals surface area contributed by atoms with Crippen LogP contribution in [0.4, 0.5) is 0 Å². The third-order valence-electron chi connectivity index (χ3n) is 2.76. The van der Waals surface area contributed by atoms with Gasteiger partial charge in [-0.1, -0.05) is 28.1 Å². The average Bonchev–Trinajstić information content (AvgIpc) is 2.62. The van der Waals surface area contributed by atoms with E-state index in [2.05, 4.69) is 20.8 Å². The van der Waals surface area contributed by atoms with Crippen LogP contribution >= 0.6 is 15.9 Å². The Hall–Kier alpha value is -2.69. The van der Waals surface area contributed by atoms with Crippen molar-refractivity contribution < 1.29 is 38.5 Å². The summed E-state index contributed by atoms with van der Waals surface area (Å²) in [5, 5.41) is 8.98. The SMILES string of the molecule is O=C(COC(=O)c1ccccc1OC(=O)CBr)OCCCCO[N+](=O)[O-]. The minimum absolute atomic E-state index is 0.00784. The maximum absolute atomic E-state index is 12.0. The van der Waals surface area contributed by atoms with Gasteiger partial charge >= 0.3 is 17.9 Å². The molecule has 1 aromatic carbocycles. The lowest BCUT2D eigenvalue weighted by Crippen LogP contribution is -2.18. The first-order chi connectivity index (χ1) is 12.4. The van der Waals surface area contributed by atoms with Crippen LogP contribution in [0.1, 0.15) is 23.2 Å². The first-order valence-corrected chi connectivity index (χ1v) is 8.52. The molecule has 11 heteroatoms. The molecule has 0 amide bonds. The highest BCUT2D eigenvalue weighted by atomic mass is 79.9. The minimum atomic E-state index is -0.904. The zero-order valence-electron chi connectivity index (χ0n) is 13.6. The summed E-state index contributed by atoms with van der Waals surface area (Å²) in [4.78, 5) is 48.8. The molecule has 0 aliphatic rings. The first kappa shape index (κ1) is 21.4. The summed E-state index contributed by atoms with van der Waals surface area (Å²) in [6, 6.07) is 5.93. The van der Waals surface area contributed by atoms with E-state index in [0.29, 0.717) is 12.8 Å². The maximum Gasteiger partial charge on any atom is 0.344 e. The molecule has 1 rings (SSSR count). The Morgan fingerprint density at radius 2 is 1.73 bits per heavy atom. The van der Waals surface area contributed by atoms with Crippen LogP contribution < -0.4 is 4.74 Å². The highest BCUT2D eigenvalue weighted by Gasteiger charge is 2.17. The normalized spacial score (nSPS) is 9.88. The number of carbonyl (C=O) groups is 3. The number of rotatable bonds is 11. The molecule has 0 aliphatic carbocycles. The van der Waals surface area contributed by atoms with E-state index in [9.17, 15) is 24.5 Å². The van der Waals surface area contributed by atoms with Gasteiger partial charge in [-0.2, -0.15) is 0 Å². The molecule has 142 valence electrons. The van der Waals surface area contributed by atoms with Crippen molar-refractivity contribution in [1.29, 1.82) is 0 Å². The number of alkyl halides is 1. The molecule has 0 unspecified atom stereocenters. The Morgan fingerprint density at radius 3 is 2.42 bits per heavy atom. The number of benzene rings is 1. The Kier molecular flexibility index (Phi) is 9.69. The van der Waals surface area contributed by atoms with Crippen molar-refractivity contribution in [2.45, 2.75) is 12.8 Å². The van der Waals surface area contributed by atoms with Crippen LogP contribution in [-0.2, 0) is 23.9 Å². The van der Waals surface area contributed by atoms with Crippen molar-refractivity contribution in [2.75, 3.05) is 25.2 Å². The van der Waals surface area contributed by atoms with E-state index in [1.165, 1.54) is 12.1 Å². The van der Waals surface area contributed by atoms with E-state index in [4.69, 9.17) is 14.2 Å². The second kappa shape index (κ2) is 11.8. The largest absolute Gasteiger partial charge is 0.463 e. The van der Waals surface area contributed by atoms with Gasteiger partial charge in [0.05, 0.1) is 13.2 Å². The Bertz CT molecular complexity index is 650. The van der Waals surface area contributed by atoms with E-state index in [1.807, 2.05) is 0 Å². The first-order valence-electron chi connectivity index (χ1n) is 7.39. The molecule has 0 spiro atoms. The molecule has 0 aromatic heterocycles. The summed E-state index contributed by atoms with van der Waals surface area (Å²) in [6.45, 7) is -0.703. The number of unbranched alkanes of at least 4 members (excludes halogenated alkanes) is 1. The highest BCUT2D eigenvalue weighted by Crippen LogP contribution is 2.19. The molecule has 0 heterocycles. The lowest BCUT2D eigenvalue weighted by atomic mass is 10.2. The molecular formula is C15H16BrNO9. The molecule has 0 N–H and O–H groups in total. The Balaban J connectivity index is 2.36. The van der Waals surface area contributed by atoms with Crippen LogP contribution in [-0.4, -0.2) is 48.1 Å². The molecule has 0 radical (unpaired) electrons. The molecule has 0 saturated heterocycles. The standard InChI is InChI=1S/C15H16BrNO9/c16-9-13(18)26-12-6-2-1-5-11(12)15(20)24-10-14(19)23-7-3-4-8-25-17(21)22/h1-2,5-6H,3-4,7-10H2. The van der Waals surface area contributed by atoms with Crippen LogP contribution in [0.3, 0.4) is 0 Å². The lowest BCUT2D eigenvalue weighted by molar-refractivity contribution is -0.757. The number of hydrogen-bond acceptors (Lipinski definition) is 9. The monoisotopic (exact) mass is 433 g/mol. The van der Waals surface area contributed by atoms with Gasteiger partial charge in [0, 0.05) is 0 Å².